The summed E-state index contributed by atoms with van der Waals surface area (Å²) in [4.78, 5) is 1.83. The van der Waals surface area contributed by atoms with Crippen molar-refractivity contribution in [1.82, 2.24) is 9.47 Å². The Kier molecular flexibility index (Phi) is 4.04. The quantitative estimate of drug-likeness (QED) is 0.601. The molecule has 0 atom stereocenters. The molecule has 4 nitrogen and oxygen atoms in total. The zero-order chi connectivity index (χ0) is 13.2. The minimum absolute atomic E-state index is 0.0997. The monoisotopic (exact) mass is 238 g/mol. The maximum Gasteiger partial charge on any atom is 0.204 e. The summed E-state index contributed by atoms with van der Waals surface area (Å²) in [5, 5.41) is 15.8. The van der Waals surface area contributed by atoms with Crippen LogP contribution < -0.4 is 5.49 Å². The maximum atomic E-state index is 13.2. The van der Waals surface area contributed by atoms with Gasteiger partial charge in [-0.2, -0.15) is 0 Å². The lowest BCUT2D eigenvalue weighted by Crippen LogP contribution is -2.47. The highest BCUT2D eigenvalue weighted by molar-refractivity contribution is 5.79. The molecule has 1 aromatic heterocycles. The molecule has 17 heavy (non-hydrogen) atoms. The molecule has 0 radical (unpaired) electrons. The van der Waals surface area contributed by atoms with Gasteiger partial charge in [0.05, 0.1) is 0 Å². The fourth-order valence-corrected chi connectivity index (χ4v) is 1.86. The van der Waals surface area contributed by atoms with Gasteiger partial charge in [-0.1, -0.05) is 0 Å². The van der Waals surface area contributed by atoms with E-state index in [2.05, 4.69) is 0 Å². The first-order valence-electron chi connectivity index (χ1n) is 5.64. The molecule has 0 aliphatic heterocycles. The van der Waals surface area contributed by atoms with Crippen molar-refractivity contribution in [3.8, 4) is 0 Å². The van der Waals surface area contributed by atoms with Gasteiger partial charge in [0.15, 0.2) is 0 Å². The van der Waals surface area contributed by atoms with Gasteiger partial charge in [0.1, 0.15) is 11.3 Å². The van der Waals surface area contributed by atoms with Crippen LogP contribution >= 0.6 is 0 Å². The van der Waals surface area contributed by atoms with Crippen molar-refractivity contribution in [2.75, 3.05) is 0 Å². The summed E-state index contributed by atoms with van der Waals surface area (Å²) in [6, 6.07) is 2.82. The predicted molar refractivity (Wildman–Crippen MR) is 65.5 cm³/mol. The first-order valence-corrected chi connectivity index (χ1v) is 5.64. The average molecular weight is 238 g/mol. The summed E-state index contributed by atoms with van der Waals surface area (Å²) >= 11 is 0. The number of hydrogen-bond donors (Lipinski definition) is 2. The normalized spacial score (nSPS) is 11.0. The summed E-state index contributed by atoms with van der Waals surface area (Å²) in [7, 11) is 0. The van der Waals surface area contributed by atoms with Gasteiger partial charge in [0.25, 0.3) is 0 Å². The Bertz CT molecular complexity index is 454. The molecule has 5 heteroatoms. The lowest BCUT2D eigenvalue weighted by atomic mass is 10.2. The second-order valence-electron chi connectivity index (χ2n) is 4.52. The van der Waals surface area contributed by atoms with Gasteiger partial charge in [0, 0.05) is 18.3 Å². The highest BCUT2D eigenvalue weighted by Gasteiger charge is 2.18. The Labute approximate surface area is 101 Å². The molecule has 1 heterocycles. The van der Waals surface area contributed by atoms with Crippen LogP contribution in [0.3, 0.4) is 0 Å². The predicted octanol–water partition coefficient (Wildman–Crippen LogP) is 2.01. The molecule has 0 fully saturated rings. The second-order valence-corrected chi connectivity index (χ2v) is 4.52. The molecular formula is C12H19FN4. The molecule has 0 saturated carbocycles. The number of nitrogens with zero attached hydrogens (tertiary/aromatic N) is 2. The Morgan fingerprint density at radius 3 is 2.24 bits per heavy atom. The minimum atomic E-state index is -0.446. The molecule has 1 aromatic rings. The number of rotatable bonds is 2. The van der Waals surface area contributed by atoms with Crippen molar-refractivity contribution in [3.63, 3.8) is 0 Å². The Hall–Kier alpha value is -1.65. The highest BCUT2D eigenvalue weighted by atomic mass is 19.1. The van der Waals surface area contributed by atoms with Gasteiger partial charge in [-0.3, -0.25) is 15.4 Å². The first kappa shape index (κ1) is 13.4. The molecular weight excluding hydrogens is 219 g/mol. The Balaban J connectivity index is 3.18. The zero-order valence-corrected chi connectivity index (χ0v) is 10.7. The Morgan fingerprint density at radius 1 is 1.24 bits per heavy atom. The topological polar surface area (TPSA) is 55.9 Å². The van der Waals surface area contributed by atoms with Crippen molar-refractivity contribution in [2.45, 2.75) is 39.8 Å². The smallest absolute Gasteiger partial charge is 0.204 e. The molecule has 0 aliphatic rings. The maximum absolute atomic E-state index is 13.2. The summed E-state index contributed by atoms with van der Waals surface area (Å²) < 4.78 is 14.4. The third kappa shape index (κ3) is 2.93. The molecule has 0 spiro atoms. The molecule has 1 rings (SSSR count). The molecule has 0 saturated heterocycles. The van der Waals surface area contributed by atoms with Gasteiger partial charge < -0.3 is 4.90 Å². The number of halogens is 1. The van der Waals surface area contributed by atoms with Crippen LogP contribution in [0.2, 0.25) is 0 Å². The van der Waals surface area contributed by atoms with Gasteiger partial charge in [-0.15, -0.1) is 0 Å². The van der Waals surface area contributed by atoms with Gasteiger partial charge >= 0.3 is 0 Å². The van der Waals surface area contributed by atoms with Crippen molar-refractivity contribution in [3.05, 3.63) is 29.6 Å². The zero-order valence-electron chi connectivity index (χ0n) is 10.7. The molecule has 0 aromatic carbocycles. The van der Waals surface area contributed by atoms with Crippen molar-refractivity contribution < 1.29 is 4.39 Å². The van der Waals surface area contributed by atoms with Crippen molar-refractivity contribution >= 4 is 5.96 Å². The van der Waals surface area contributed by atoms with Crippen molar-refractivity contribution in [1.29, 1.82) is 10.8 Å². The van der Waals surface area contributed by atoms with E-state index >= 15 is 0 Å². The van der Waals surface area contributed by atoms with Crippen LogP contribution in [-0.2, 0) is 0 Å². The largest absolute Gasteiger partial charge is 0.338 e. The van der Waals surface area contributed by atoms with Gasteiger partial charge in [0.2, 0.25) is 5.96 Å². The van der Waals surface area contributed by atoms with E-state index in [1.165, 1.54) is 22.9 Å². The number of pyridine rings is 1. The van der Waals surface area contributed by atoms with E-state index in [1.807, 2.05) is 32.6 Å². The number of nitrogens with one attached hydrogen (secondary N) is 2. The molecule has 0 aliphatic carbocycles. The van der Waals surface area contributed by atoms with Gasteiger partial charge in [-0.25, -0.2) is 4.39 Å². The number of aromatic nitrogens is 1. The molecule has 0 unspecified atom stereocenters. The SMILES string of the molecule is CC(C)N(C(=N)n1cc(F)ccc1=N)C(C)C. The highest BCUT2D eigenvalue weighted by Crippen LogP contribution is 2.06. The van der Waals surface area contributed by atoms with E-state index in [1.54, 1.807) is 0 Å². The third-order valence-electron chi connectivity index (χ3n) is 2.50. The number of hydrogen-bond acceptors (Lipinski definition) is 2. The second kappa shape index (κ2) is 5.12. The third-order valence-corrected chi connectivity index (χ3v) is 2.50. The average Bonchev–Trinajstić information content (AvgIpc) is 2.20. The summed E-state index contributed by atoms with van der Waals surface area (Å²) in [5.41, 5.74) is 0.0997. The molecule has 0 amide bonds. The van der Waals surface area contributed by atoms with Crippen LogP contribution in [0.1, 0.15) is 27.7 Å². The van der Waals surface area contributed by atoms with E-state index < -0.39 is 5.82 Å². The van der Waals surface area contributed by atoms with Crippen LogP contribution in [0.15, 0.2) is 18.3 Å². The minimum Gasteiger partial charge on any atom is -0.338 e. The van der Waals surface area contributed by atoms with E-state index in [4.69, 9.17) is 10.8 Å². The summed E-state index contributed by atoms with van der Waals surface area (Å²) in [6.45, 7) is 7.88. The Morgan fingerprint density at radius 2 is 1.76 bits per heavy atom. The lowest BCUT2D eigenvalue weighted by Gasteiger charge is -2.33. The van der Waals surface area contributed by atoms with Crippen LogP contribution in [0.25, 0.3) is 0 Å². The van der Waals surface area contributed by atoms with E-state index in [0.717, 1.165) is 0 Å². The standard InChI is InChI=1S/C12H19FN4/c1-8(2)17(9(3)4)12(15)16-7-10(13)5-6-11(16)14/h5-9,14-15H,1-4H3. The molecule has 94 valence electrons. The van der Waals surface area contributed by atoms with Crippen LogP contribution in [0, 0.1) is 16.6 Å². The van der Waals surface area contributed by atoms with Crippen LogP contribution in [0.5, 0.6) is 0 Å². The van der Waals surface area contributed by atoms with E-state index in [9.17, 15) is 4.39 Å². The fourth-order valence-electron chi connectivity index (χ4n) is 1.86. The van der Waals surface area contributed by atoms with E-state index in [0.29, 0.717) is 0 Å². The summed E-state index contributed by atoms with van der Waals surface area (Å²) in [5.74, 6) is -0.322. The molecule has 0 bridgehead atoms. The first-order chi connectivity index (χ1) is 7.84. The van der Waals surface area contributed by atoms with Crippen LogP contribution in [0.4, 0.5) is 4.39 Å². The fraction of sp³-hybridized carbons (Fsp3) is 0.500. The van der Waals surface area contributed by atoms with E-state index in [-0.39, 0.29) is 23.5 Å². The lowest BCUT2D eigenvalue weighted by molar-refractivity contribution is 0.280. The summed E-state index contributed by atoms with van der Waals surface area (Å²) in [6.07, 6.45) is 1.17. The van der Waals surface area contributed by atoms with Gasteiger partial charge in [-0.05, 0) is 39.8 Å². The van der Waals surface area contributed by atoms with Crippen molar-refractivity contribution in [2.24, 2.45) is 0 Å². The van der Waals surface area contributed by atoms with Crippen LogP contribution in [-0.4, -0.2) is 27.5 Å². The molecule has 2 N–H and O–H groups in total.